The van der Waals surface area contributed by atoms with Crippen LogP contribution in [0.5, 0.6) is 5.75 Å². The summed E-state index contributed by atoms with van der Waals surface area (Å²) in [6.45, 7) is 0. The summed E-state index contributed by atoms with van der Waals surface area (Å²) < 4.78 is 5.10. The monoisotopic (exact) mass is 291 g/mol. The third-order valence-corrected chi connectivity index (χ3v) is 3.54. The van der Waals surface area contributed by atoms with Gasteiger partial charge in [-0.2, -0.15) is 0 Å². The van der Waals surface area contributed by atoms with Gasteiger partial charge in [-0.25, -0.2) is 0 Å². The van der Waals surface area contributed by atoms with Gasteiger partial charge < -0.3 is 20.1 Å². The molecule has 1 aromatic heterocycles. The minimum Gasteiger partial charge on any atom is -0.497 e. The van der Waals surface area contributed by atoms with Crippen LogP contribution in [-0.2, 0) is 11.2 Å². The SMILES string of the molecule is COc1cccc(CC(=O)Nc2cc(B(O)O)cs2)c1. The molecule has 0 atom stereocenters. The van der Waals surface area contributed by atoms with E-state index < -0.39 is 7.12 Å². The fraction of sp³-hybridized carbons (Fsp3) is 0.154. The average molecular weight is 291 g/mol. The number of anilines is 1. The predicted octanol–water partition coefficient (Wildman–Crippen LogP) is 0.618. The van der Waals surface area contributed by atoms with Crippen LogP contribution in [0.3, 0.4) is 0 Å². The van der Waals surface area contributed by atoms with Crippen LogP contribution in [-0.4, -0.2) is 30.2 Å². The Morgan fingerprint density at radius 2 is 2.20 bits per heavy atom. The first kappa shape index (κ1) is 14.6. The Balaban J connectivity index is 1.97. The number of rotatable bonds is 5. The maximum Gasteiger partial charge on any atom is 0.489 e. The molecule has 0 saturated carbocycles. The smallest absolute Gasteiger partial charge is 0.489 e. The summed E-state index contributed by atoms with van der Waals surface area (Å²) in [6, 6.07) is 8.83. The maximum atomic E-state index is 11.9. The second-order valence-electron chi connectivity index (χ2n) is 4.19. The van der Waals surface area contributed by atoms with Gasteiger partial charge in [0.25, 0.3) is 0 Å². The highest BCUT2D eigenvalue weighted by molar-refractivity contribution is 7.15. The summed E-state index contributed by atoms with van der Waals surface area (Å²) in [5, 5.41) is 22.9. The number of hydrogen-bond donors (Lipinski definition) is 3. The molecule has 20 heavy (non-hydrogen) atoms. The van der Waals surface area contributed by atoms with Crippen molar-refractivity contribution in [2.75, 3.05) is 12.4 Å². The third-order valence-electron chi connectivity index (χ3n) is 2.68. The van der Waals surface area contributed by atoms with Gasteiger partial charge in [0, 0.05) is 0 Å². The molecule has 0 unspecified atom stereocenters. The van der Waals surface area contributed by atoms with Crippen molar-refractivity contribution in [3.8, 4) is 5.75 Å². The second kappa shape index (κ2) is 6.56. The molecule has 2 rings (SSSR count). The molecule has 104 valence electrons. The molecule has 0 saturated heterocycles. The molecule has 0 spiro atoms. The van der Waals surface area contributed by atoms with Crippen LogP contribution in [0.15, 0.2) is 35.7 Å². The normalized spacial score (nSPS) is 10.2. The van der Waals surface area contributed by atoms with Crippen molar-refractivity contribution >= 4 is 34.8 Å². The molecule has 0 aliphatic carbocycles. The second-order valence-corrected chi connectivity index (χ2v) is 5.11. The summed E-state index contributed by atoms with van der Waals surface area (Å²) in [4.78, 5) is 11.9. The van der Waals surface area contributed by atoms with Crippen molar-refractivity contribution < 1.29 is 19.6 Å². The number of hydrogen-bond acceptors (Lipinski definition) is 5. The van der Waals surface area contributed by atoms with Crippen LogP contribution in [0.1, 0.15) is 5.56 Å². The zero-order valence-electron chi connectivity index (χ0n) is 10.9. The standard InChI is InChI=1S/C13H14BNO4S/c1-19-11-4-2-3-9(5-11)6-12(16)15-13-7-10(8-20-13)14(17)18/h2-5,7-8,17-18H,6H2,1H3,(H,15,16). The van der Waals surface area contributed by atoms with Crippen LogP contribution in [0.4, 0.5) is 5.00 Å². The van der Waals surface area contributed by atoms with Crippen molar-refractivity contribution in [1.29, 1.82) is 0 Å². The van der Waals surface area contributed by atoms with Crippen molar-refractivity contribution in [3.63, 3.8) is 0 Å². The number of methoxy groups -OCH3 is 1. The molecular weight excluding hydrogens is 277 g/mol. The lowest BCUT2D eigenvalue weighted by Crippen LogP contribution is -2.28. The average Bonchev–Trinajstić information content (AvgIpc) is 2.87. The Morgan fingerprint density at radius 1 is 1.40 bits per heavy atom. The molecule has 1 aromatic carbocycles. The number of carbonyl (C=O) groups is 1. The maximum absolute atomic E-state index is 11.9. The van der Waals surface area contributed by atoms with Gasteiger partial charge in [0.05, 0.1) is 18.5 Å². The van der Waals surface area contributed by atoms with E-state index in [2.05, 4.69) is 5.32 Å². The Kier molecular flexibility index (Phi) is 4.78. The highest BCUT2D eigenvalue weighted by atomic mass is 32.1. The van der Waals surface area contributed by atoms with Crippen molar-refractivity contribution in [1.82, 2.24) is 0 Å². The lowest BCUT2D eigenvalue weighted by molar-refractivity contribution is -0.115. The molecule has 1 amide bonds. The number of thiophene rings is 1. The number of nitrogens with one attached hydrogen (secondary N) is 1. The highest BCUT2D eigenvalue weighted by Gasteiger charge is 2.14. The number of carbonyl (C=O) groups excluding carboxylic acids is 1. The van der Waals surface area contributed by atoms with Gasteiger partial charge in [-0.1, -0.05) is 12.1 Å². The van der Waals surface area contributed by atoms with Gasteiger partial charge >= 0.3 is 7.12 Å². The van der Waals surface area contributed by atoms with Gasteiger partial charge in [-0.3, -0.25) is 4.79 Å². The first-order valence-electron chi connectivity index (χ1n) is 5.96. The minimum atomic E-state index is -1.52. The summed E-state index contributed by atoms with van der Waals surface area (Å²) in [5.74, 6) is 0.538. The Bertz CT molecular complexity index is 600. The molecule has 0 radical (unpaired) electrons. The molecule has 2 aromatic rings. The zero-order valence-corrected chi connectivity index (χ0v) is 11.7. The molecule has 5 nitrogen and oxygen atoms in total. The number of ether oxygens (including phenoxy) is 1. The van der Waals surface area contributed by atoms with E-state index in [9.17, 15) is 4.79 Å². The number of benzene rings is 1. The van der Waals surface area contributed by atoms with E-state index in [1.54, 1.807) is 24.6 Å². The predicted molar refractivity (Wildman–Crippen MR) is 79.5 cm³/mol. The van der Waals surface area contributed by atoms with E-state index in [-0.39, 0.29) is 12.3 Å². The molecule has 0 aliphatic heterocycles. The van der Waals surface area contributed by atoms with Crippen molar-refractivity contribution in [2.24, 2.45) is 0 Å². The first-order chi connectivity index (χ1) is 9.58. The summed E-state index contributed by atoms with van der Waals surface area (Å²) in [7, 11) is 0.0577. The van der Waals surface area contributed by atoms with E-state index in [0.717, 1.165) is 5.56 Å². The van der Waals surface area contributed by atoms with Crippen molar-refractivity contribution in [3.05, 3.63) is 41.3 Å². The molecule has 1 heterocycles. The van der Waals surface area contributed by atoms with Crippen LogP contribution in [0.25, 0.3) is 0 Å². The topological polar surface area (TPSA) is 78.8 Å². The van der Waals surface area contributed by atoms with E-state index in [1.807, 2.05) is 18.2 Å². The van der Waals surface area contributed by atoms with E-state index >= 15 is 0 Å². The molecular formula is C13H14BNO4S. The van der Waals surface area contributed by atoms with E-state index in [4.69, 9.17) is 14.8 Å². The van der Waals surface area contributed by atoms with E-state index in [1.165, 1.54) is 11.3 Å². The van der Waals surface area contributed by atoms with Gasteiger partial charge in [0.1, 0.15) is 5.75 Å². The fourth-order valence-electron chi connectivity index (χ4n) is 1.70. The summed E-state index contributed by atoms with van der Waals surface area (Å²) >= 11 is 1.25. The van der Waals surface area contributed by atoms with Crippen LogP contribution >= 0.6 is 11.3 Å². The molecule has 0 fully saturated rings. The molecule has 7 heteroatoms. The largest absolute Gasteiger partial charge is 0.497 e. The van der Waals surface area contributed by atoms with Gasteiger partial charge in [0.15, 0.2) is 0 Å². The van der Waals surface area contributed by atoms with E-state index in [0.29, 0.717) is 16.2 Å². The molecule has 3 N–H and O–H groups in total. The number of amides is 1. The minimum absolute atomic E-state index is 0.168. The lowest BCUT2D eigenvalue weighted by Gasteiger charge is -2.05. The Morgan fingerprint density at radius 3 is 2.85 bits per heavy atom. The van der Waals surface area contributed by atoms with Gasteiger partial charge in [-0.05, 0) is 34.6 Å². The van der Waals surface area contributed by atoms with Crippen molar-refractivity contribution in [2.45, 2.75) is 6.42 Å². The van der Waals surface area contributed by atoms with Gasteiger partial charge in [0.2, 0.25) is 5.91 Å². The summed E-state index contributed by atoms with van der Waals surface area (Å²) in [5.41, 5.74) is 1.22. The third kappa shape index (κ3) is 3.83. The Hall–Kier alpha value is -1.83. The first-order valence-corrected chi connectivity index (χ1v) is 6.84. The fourth-order valence-corrected chi connectivity index (χ4v) is 2.53. The van der Waals surface area contributed by atoms with Crippen LogP contribution in [0, 0.1) is 0 Å². The van der Waals surface area contributed by atoms with Crippen LogP contribution < -0.4 is 15.5 Å². The quantitative estimate of drug-likeness (QED) is 0.706. The Labute approximate surface area is 121 Å². The van der Waals surface area contributed by atoms with Gasteiger partial charge in [-0.15, -0.1) is 11.3 Å². The molecule has 0 bridgehead atoms. The highest BCUT2D eigenvalue weighted by Crippen LogP contribution is 2.16. The zero-order chi connectivity index (χ0) is 14.5. The lowest BCUT2D eigenvalue weighted by atomic mass is 9.83. The van der Waals surface area contributed by atoms with Crippen LogP contribution in [0.2, 0.25) is 0 Å². The summed E-state index contributed by atoms with van der Waals surface area (Å²) in [6.07, 6.45) is 0.228. The molecule has 0 aliphatic rings.